The molecular formula is C20H18N6O. The Kier molecular flexibility index (Phi) is 4.65. The molecule has 2 aromatic heterocycles. The molecule has 4 aromatic rings. The van der Waals surface area contributed by atoms with Crippen LogP contribution < -0.4 is 10.6 Å². The van der Waals surface area contributed by atoms with Crippen molar-refractivity contribution < 1.29 is 4.79 Å². The van der Waals surface area contributed by atoms with E-state index in [9.17, 15) is 4.79 Å². The third-order valence-corrected chi connectivity index (χ3v) is 3.98. The number of nitrogens with one attached hydrogen (secondary N) is 2. The van der Waals surface area contributed by atoms with Crippen LogP contribution in [0.5, 0.6) is 0 Å². The summed E-state index contributed by atoms with van der Waals surface area (Å²) in [6.45, 7) is 0.386. The van der Waals surface area contributed by atoms with Crippen LogP contribution in [0.3, 0.4) is 0 Å². The van der Waals surface area contributed by atoms with Crippen molar-refractivity contribution in [1.82, 2.24) is 24.9 Å². The van der Waals surface area contributed by atoms with Gasteiger partial charge in [0.05, 0.1) is 17.6 Å². The molecule has 0 radical (unpaired) electrons. The number of nitrogens with zero attached hydrogens (tertiary/aromatic N) is 4. The fraction of sp³-hybridized carbons (Fsp3) is 0.0500. The van der Waals surface area contributed by atoms with Crippen molar-refractivity contribution in [1.29, 1.82) is 0 Å². The van der Waals surface area contributed by atoms with E-state index in [0.29, 0.717) is 12.2 Å². The van der Waals surface area contributed by atoms with Gasteiger partial charge in [-0.1, -0.05) is 24.3 Å². The van der Waals surface area contributed by atoms with E-state index in [-0.39, 0.29) is 6.03 Å². The Morgan fingerprint density at radius 1 is 0.926 bits per heavy atom. The Balaban J connectivity index is 1.35. The molecule has 4 rings (SSSR count). The lowest BCUT2D eigenvalue weighted by molar-refractivity contribution is 0.251. The average molecular weight is 358 g/mol. The molecule has 7 nitrogen and oxygen atoms in total. The summed E-state index contributed by atoms with van der Waals surface area (Å²) in [7, 11) is 0. The lowest BCUT2D eigenvalue weighted by Gasteiger charge is -2.08. The van der Waals surface area contributed by atoms with Crippen molar-refractivity contribution in [2.75, 3.05) is 5.32 Å². The Bertz CT molecular complexity index is 1020. The number of hydrogen-bond donors (Lipinski definition) is 2. The fourth-order valence-electron chi connectivity index (χ4n) is 2.68. The molecule has 0 saturated carbocycles. The van der Waals surface area contributed by atoms with Crippen LogP contribution in [-0.4, -0.2) is 25.6 Å². The van der Waals surface area contributed by atoms with Crippen molar-refractivity contribution in [3.05, 3.63) is 91.0 Å². The van der Waals surface area contributed by atoms with Crippen LogP contribution in [0.2, 0.25) is 0 Å². The van der Waals surface area contributed by atoms with E-state index in [4.69, 9.17) is 0 Å². The zero-order chi connectivity index (χ0) is 18.5. The minimum atomic E-state index is -0.278. The molecule has 7 heteroatoms. The van der Waals surface area contributed by atoms with Gasteiger partial charge >= 0.3 is 6.03 Å². The van der Waals surface area contributed by atoms with Crippen LogP contribution >= 0.6 is 0 Å². The van der Waals surface area contributed by atoms with Gasteiger partial charge in [0.25, 0.3) is 0 Å². The lowest BCUT2D eigenvalue weighted by atomic mass is 10.3. The molecule has 0 unspecified atom stereocenters. The third kappa shape index (κ3) is 4.04. The van der Waals surface area contributed by atoms with E-state index in [2.05, 4.69) is 20.8 Å². The molecular weight excluding hydrogens is 340 g/mol. The van der Waals surface area contributed by atoms with Crippen LogP contribution in [0.15, 0.2) is 85.5 Å². The van der Waals surface area contributed by atoms with Crippen LogP contribution in [0.4, 0.5) is 10.5 Å². The molecule has 2 heterocycles. The SMILES string of the molecule is O=C(NCc1cnn(-c2ccccc2)c1)Nc1cccc(-n2cccn2)c1. The van der Waals surface area contributed by atoms with Gasteiger partial charge in [-0.25, -0.2) is 14.2 Å². The summed E-state index contributed by atoms with van der Waals surface area (Å²) in [5.74, 6) is 0. The van der Waals surface area contributed by atoms with Crippen molar-refractivity contribution in [2.24, 2.45) is 0 Å². The van der Waals surface area contributed by atoms with Crippen molar-refractivity contribution >= 4 is 11.7 Å². The molecule has 0 fully saturated rings. The van der Waals surface area contributed by atoms with Gasteiger partial charge in [-0.15, -0.1) is 0 Å². The van der Waals surface area contributed by atoms with E-state index in [1.807, 2.05) is 73.1 Å². The van der Waals surface area contributed by atoms with E-state index >= 15 is 0 Å². The summed E-state index contributed by atoms with van der Waals surface area (Å²) in [5, 5.41) is 14.2. The van der Waals surface area contributed by atoms with Gasteiger partial charge in [-0.3, -0.25) is 0 Å². The van der Waals surface area contributed by atoms with Crippen LogP contribution in [0.25, 0.3) is 11.4 Å². The maximum Gasteiger partial charge on any atom is 0.319 e. The van der Waals surface area contributed by atoms with Crippen molar-refractivity contribution in [3.8, 4) is 11.4 Å². The Hall–Kier alpha value is -3.87. The van der Waals surface area contributed by atoms with Gasteiger partial charge in [-0.05, 0) is 36.4 Å². The number of aromatic nitrogens is 4. The number of carbonyl (C=O) groups is 1. The first-order valence-electron chi connectivity index (χ1n) is 8.52. The smallest absolute Gasteiger partial charge is 0.319 e. The van der Waals surface area contributed by atoms with Gasteiger partial charge < -0.3 is 10.6 Å². The number of hydrogen-bond acceptors (Lipinski definition) is 3. The Morgan fingerprint density at radius 2 is 1.78 bits per heavy atom. The minimum absolute atomic E-state index is 0.278. The Morgan fingerprint density at radius 3 is 2.59 bits per heavy atom. The van der Waals surface area contributed by atoms with Crippen LogP contribution in [0.1, 0.15) is 5.56 Å². The molecule has 2 N–H and O–H groups in total. The summed E-state index contributed by atoms with van der Waals surface area (Å²) in [6, 6.07) is 18.9. The molecule has 2 amide bonds. The minimum Gasteiger partial charge on any atom is -0.334 e. The highest BCUT2D eigenvalue weighted by Crippen LogP contribution is 2.14. The van der Waals surface area contributed by atoms with Crippen molar-refractivity contribution in [2.45, 2.75) is 6.54 Å². The normalized spacial score (nSPS) is 10.5. The summed E-state index contributed by atoms with van der Waals surface area (Å²) >= 11 is 0. The molecule has 0 saturated heterocycles. The fourth-order valence-corrected chi connectivity index (χ4v) is 2.68. The van der Waals surface area contributed by atoms with Crippen molar-refractivity contribution in [3.63, 3.8) is 0 Å². The average Bonchev–Trinajstić information content (AvgIpc) is 3.40. The summed E-state index contributed by atoms with van der Waals surface area (Å²) < 4.78 is 3.52. The predicted octanol–water partition coefficient (Wildman–Crippen LogP) is 3.38. The number of urea groups is 1. The van der Waals surface area contributed by atoms with E-state index in [1.165, 1.54) is 0 Å². The standard InChI is InChI=1S/C20H18N6O/c27-20(24-17-6-4-9-19(12-17)25-11-5-10-22-25)21-13-16-14-23-26(15-16)18-7-2-1-3-8-18/h1-12,14-15H,13H2,(H2,21,24,27). The maximum absolute atomic E-state index is 12.2. The second-order valence-corrected chi connectivity index (χ2v) is 5.94. The summed E-state index contributed by atoms with van der Waals surface area (Å²) in [4.78, 5) is 12.2. The second kappa shape index (κ2) is 7.57. The molecule has 0 bridgehead atoms. The van der Waals surface area contributed by atoms with Crippen LogP contribution in [-0.2, 0) is 6.54 Å². The van der Waals surface area contributed by atoms with E-state index in [1.54, 1.807) is 21.8 Å². The van der Waals surface area contributed by atoms with E-state index in [0.717, 1.165) is 16.9 Å². The molecule has 0 spiro atoms. The highest BCUT2D eigenvalue weighted by Gasteiger charge is 2.05. The number of benzene rings is 2. The predicted molar refractivity (Wildman–Crippen MR) is 103 cm³/mol. The highest BCUT2D eigenvalue weighted by molar-refractivity contribution is 5.89. The first-order chi connectivity index (χ1) is 13.3. The largest absolute Gasteiger partial charge is 0.334 e. The maximum atomic E-state index is 12.2. The van der Waals surface area contributed by atoms with E-state index < -0.39 is 0 Å². The number of para-hydroxylation sites is 1. The zero-order valence-electron chi connectivity index (χ0n) is 14.5. The van der Waals surface area contributed by atoms with Gasteiger partial charge in [-0.2, -0.15) is 10.2 Å². The summed E-state index contributed by atoms with van der Waals surface area (Å²) in [5.41, 5.74) is 3.46. The van der Waals surface area contributed by atoms with Crippen LogP contribution in [0, 0.1) is 0 Å². The Labute approximate surface area is 156 Å². The summed E-state index contributed by atoms with van der Waals surface area (Å²) in [6.07, 6.45) is 7.20. The van der Waals surface area contributed by atoms with Gasteiger partial charge in [0.15, 0.2) is 0 Å². The monoisotopic (exact) mass is 358 g/mol. The number of anilines is 1. The molecule has 0 aliphatic rings. The number of rotatable bonds is 5. The first-order valence-corrected chi connectivity index (χ1v) is 8.52. The van der Waals surface area contributed by atoms with Gasteiger partial charge in [0.2, 0.25) is 0 Å². The molecule has 0 atom stereocenters. The third-order valence-electron chi connectivity index (χ3n) is 3.98. The molecule has 0 aliphatic carbocycles. The molecule has 2 aromatic carbocycles. The molecule has 134 valence electrons. The first kappa shape index (κ1) is 16.6. The topological polar surface area (TPSA) is 76.8 Å². The van der Waals surface area contributed by atoms with Gasteiger partial charge in [0, 0.05) is 36.4 Å². The second-order valence-electron chi connectivity index (χ2n) is 5.94. The van der Waals surface area contributed by atoms with Gasteiger partial charge in [0.1, 0.15) is 0 Å². The number of amides is 2. The highest BCUT2D eigenvalue weighted by atomic mass is 16.2. The zero-order valence-corrected chi connectivity index (χ0v) is 14.5. The molecule has 27 heavy (non-hydrogen) atoms. The molecule has 0 aliphatic heterocycles. The lowest BCUT2D eigenvalue weighted by Crippen LogP contribution is -2.28. The quantitative estimate of drug-likeness (QED) is 0.574. The number of carbonyl (C=O) groups excluding carboxylic acids is 1.